The standard InChI is InChI=1S/C19H24ClN3O3/c1-25-9-7-19(24)23-8-5-14(13-23)18-12-16(21-22-18)6-10-26-17-4-2-3-15(20)11-17/h2-4,11-12,14H,5-10,13H2,1H3,(H,21,22)/t14-/m1/s1. The fourth-order valence-corrected chi connectivity index (χ4v) is 3.31. The van der Waals surface area contributed by atoms with Gasteiger partial charge in [0.2, 0.25) is 5.91 Å². The Labute approximate surface area is 158 Å². The van der Waals surface area contributed by atoms with Crippen molar-refractivity contribution >= 4 is 17.5 Å². The molecule has 1 aromatic heterocycles. The molecule has 1 aromatic carbocycles. The molecule has 1 aliphatic heterocycles. The van der Waals surface area contributed by atoms with Crippen LogP contribution in [-0.4, -0.2) is 54.4 Å². The number of carbonyl (C=O) groups is 1. The van der Waals surface area contributed by atoms with Crippen LogP contribution in [0.4, 0.5) is 0 Å². The van der Waals surface area contributed by atoms with Crippen molar-refractivity contribution in [1.29, 1.82) is 0 Å². The van der Waals surface area contributed by atoms with E-state index >= 15 is 0 Å². The number of methoxy groups -OCH3 is 1. The van der Waals surface area contributed by atoms with Crippen molar-refractivity contribution in [2.75, 3.05) is 33.4 Å². The van der Waals surface area contributed by atoms with Gasteiger partial charge in [-0.3, -0.25) is 9.89 Å². The molecule has 0 saturated carbocycles. The molecule has 3 rings (SSSR count). The fraction of sp³-hybridized carbons (Fsp3) is 0.474. The van der Waals surface area contributed by atoms with Crippen molar-refractivity contribution in [3.05, 3.63) is 46.7 Å². The molecule has 0 bridgehead atoms. The van der Waals surface area contributed by atoms with Crippen molar-refractivity contribution in [3.8, 4) is 5.75 Å². The molecule has 1 saturated heterocycles. The lowest BCUT2D eigenvalue weighted by molar-refractivity contribution is -0.131. The number of aromatic nitrogens is 2. The van der Waals surface area contributed by atoms with Crippen LogP contribution in [0.5, 0.6) is 5.75 Å². The Hall–Kier alpha value is -2.05. The molecule has 0 radical (unpaired) electrons. The van der Waals surface area contributed by atoms with Crippen LogP contribution in [0.1, 0.15) is 30.1 Å². The number of nitrogens with one attached hydrogen (secondary N) is 1. The number of halogens is 1. The van der Waals surface area contributed by atoms with E-state index in [0.29, 0.717) is 30.6 Å². The zero-order valence-corrected chi connectivity index (χ0v) is 15.7. The highest BCUT2D eigenvalue weighted by Gasteiger charge is 2.28. The number of ether oxygens (including phenoxy) is 2. The van der Waals surface area contributed by atoms with Gasteiger partial charge in [-0.15, -0.1) is 0 Å². The molecule has 1 N–H and O–H groups in total. The van der Waals surface area contributed by atoms with E-state index in [2.05, 4.69) is 16.3 Å². The predicted octanol–water partition coefficient (Wildman–Crippen LogP) is 3.04. The first kappa shape index (κ1) is 18.7. The highest BCUT2D eigenvalue weighted by molar-refractivity contribution is 6.30. The molecule has 6 nitrogen and oxygen atoms in total. The number of amides is 1. The Kier molecular flexibility index (Phi) is 6.52. The van der Waals surface area contributed by atoms with Crippen molar-refractivity contribution in [1.82, 2.24) is 15.1 Å². The van der Waals surface area contributed by atoms with Crippen molar-refractivity contribution < 1.29 is 14.3 Å². The number of benzene rings is 1. The smallest absolute Gasteiger partial charge is 0.224 e. The molecular weight excluding hydrogens is 354 g/mol. The van der Waals surface area contributed by atoms with Gasteiger partial charge in [0.25, 0.3) is 0 Å². The topological polar surface area (TPSA) is 67.4 Å². The van der Waals surface area contributed by atoms with Gasteiger partial charge in [-0.2, -0.15) is 5.10 Å². The molecule has 0 aliphatic carbocycles. The molecule has 0 unspecified atom stereocenters. The normalized spacial score (nSPS) is 16.8. The summed E-state index contributed by atoms with van der Waals surface area (Å²) >= 11 is 5.95. The molecule has 140 valence electrons. The quantitative estimate of drug-likeness (QED) is 0.767. The first-order valence-corrected chi connectivity index (χ1v) is 9.23. The van der Waals surface area contributed by atoms with E-state index in [1.54, 1.807) is 13.2 Å². The minimum Gasteiger partial charge on any atom is -0.493 e. The summed E-state index contributed by atoms with van der Waals surface area (Å²) in [6.07, 6.45) is 2.13. The van der Waals surface area contributed by atoms with Gasteiger partial charge >= 0.3 is 0 Å². The van der Waals surface area contributed by atoms with Gasteiger partial charge in [-0.1, -0.05) is 17.7 Å². The second kappa shape index (κ2) is 9.05. The van der Waals surface area contributed by atoms with Gasteiger partial charge < -0.3 is 14.4 Å². The molecule has 1 aliphatic rings. The average molecular weight is 378 g/mol. The minimum atomic E-state index is 0.153. The third-order valence-corrected chi connectivity index (χ3v) is 4.80. The van der Waals surface area contributed by atoms with E-state index in [0.717, 1.165) is 43.1 Å². The first-order valence-electron chi connectivity index (χ1n) is 8.85. The Bertz CT molecular complexity index is 734. The zero-order chi connectivity index (χ0) is 18.4. The summed E-state index contributed by atoms with van der Waals surface area (Å²) in [4.78, 5) is 14.0. The molecular formula is C19H24ClN3O3. The summed E-state index contributed by atoms with van der Waals surface area (Å²) < 4.78 is 10.7. The van der Waals surface area contributed by atoms with Crippen LogP contribution in [0, 0.1) is 0 Å². The van der Waals surface area contributed by atoms with Crippen molar-refractivity contribution in [3.63, 3.8) is 0 Å². The van der Waals surface area contributed by atoms with E-state index < -0.39 is 0 Å². The van der Waals surface area contributed by atoms with Crippen molar-refractivity contribution in [2.24, 2.45) is 0 Å². The SMILES string of the molecule is COCCC(=O)N1CC[C@@H](c2cc(CCOc3cccc(Cl)c3)[nH]n2)C1. The minimum absolute atomic E-state index is 0.153. The molecule has 1 fully saturated rings. The van der Waals surface area contributed by atoms with Crippen LogP contribution < -0.4 is 4.74 Å². The van der Waals surface area contributed by atoms with Crippen LogP contribution >= 0.6 is 11.6 Å². The van der Waals surface area contributed by atoms with E-state index in [1.165, 1.54) is 0 Å². The van der Waals surface area contributed by atoms with Gasteiger partial charge in [0.05, 0.1) is 25.3 Å². The van der Waals surface area contributed by atoms with E-state index in [-0.39, 0.29) is 5.91 Å². The monoisotopic (exact) mass is 377 g/mol. The molecule has 1 amide bonds. The van der Waals surface area contributed by atoms with Gasteiger partial charge in [0.15, 0.2) is 0 Å². The Balaban J connectivity index is 1.46. The Morgan fingerprint density at radius 2 is 2.27 bits per heavy atom. The van der Waals surface area contributed by atoms with E-state index in [9.17, 15) is 4.79 Å². The summed E-state index contributed by atoms with van der Waals surface area (Å²) in [5.74, 6) is 1.21. The van der Waals surface area contributed by atoms with E-state index in [1.807, 2.05) is 23.1 Å². The zero-order valence-electron chi connectivity index (χ0n) is 14.9. The molecule has 26 heavy (non-hydrogen) atoms. The first-order chi connectivity index (χ1) is 12.7. The lowest BCUT2D eigenvalue weighted by Gasteiger charge is -2.15. The largest absolute Gasteiger partial charge is 0.493 e. The molecule has 2 heterocycles. The number of likely N-dealkylation sites (tertiary alicyclic amines) is 1. The summed E-state index contributed by atoms with van der Waals surface area (Å²) in [5, 5.41) is 8.17. The van der Waals surface area contributed by atoms with Crippen LogP contribution in [-0.2, 0) is 16.0 Å². The Morgan fingerprint density at radius 1 is 1.38 bits per heavy atom. The molecule has 1 atom stereocenters. The Morgan fingerprint density at radius 3 is 3.08 bits per heavy atom. The highest BCUT2D eigenvalue weighted by Crippen LogP contribution is 2.26. The highest BCUT2D eigenvalue weighted by atomic mass is 35.5. The van der Waals surface area contributed by atoms with E-state index in [4.69, 9.17) is 21.1 Å². The summed E-state index contributed by atoms with van der Waals surface area (Å²) in [7, 11) is 1.61. The predicted molar refractivity (Wildman–Crippen MR) is 99.7 cm³/mol. The third kappa shape index (κ3) is 4.99. The second-order valence-electron chi connectivity index (χ2n) is 6.44. The third-order valence-electron chi connectivity index (χ3n) is 4.57. The number of H-pyrrole nitrogens is 1. The van der Waals surface area contributed by atoms with Crippen LogP contribution in [0.3, 0.4) is 0 Å². The summed E-state index contributed by atoms with van der Waals surface area (Å²) in [6, 6.07) is 9.45. The van der Waals surface area contributed by atoms with Gasteiger partial charge in [0.1, 0.15) is 5.75 Å². The summed E-state index contributed by atoms with van der Waals surface area (Å²) in [5.41, 5.74) is 2.05. The van der Waals surface area contributed by atoms with Crippen LogP contribution in [0.15, 0.2) is 30.3 Å². The number of nitrogens with zero attached hydrogens (tertiary/aromatic N) is 2. The number of carbonyl (C=O) groups excluding carboxylic acids is 1. The van der Waals surface area contributed by atoms with Crippen LogP contribution in [0.2, 0.25) is 5.02 Å². The van der Waals surface area contributed by atoms with Crippen molar-refractivity contribution in [2.45, 2.75) is 25.2 Å². The van der Waals surface area contributed by atoms with Gasteiger partial charge in [0, 0.05) is 43.3 Å². The number of hydrogen-bond acceptors (Lipinski definition) is 4. The summed E-state index contributed by atoms with van der Waals surface area (Å²) in [6.45, 7) is 2.53. The maximum Gasteiger partial charge on any atom is 0.224 e. The maximum absolute atomic E-state index is 12.1. The lowest BCUT2D eigenvalue weighted by atomic mass is 10.0. The van der Waals surface area contributed by atoms with Crippen LogP contribution in [0.25, 0.3) is 0 Å². The maximum atomic E-state index is 12.1. The average Bonchev–Trinajstić information content (AvgIpc) is 3.29. The second-order valence-corrected chi connectivity index (χ2v) is 6.88. The van der Waals surface area contributed by atoms with Gasteiger partial charge in [-0.05, 0) is 30.7 Å². The molecule has 2 aromatic rings. The number of rotatable bonds is 8. The van der Waals surface area contributed by atoms with Gasteiger partial charge in [-0.25, -0.2) is 0 Å². The number of aromatic amines is 1. The fourth-order valence-electron chi connectivity index (χ4n) is 3.13. The number of hydrogen-bond donors (Lipinski definition) is 1. The lowest BCUT2D eigenvalue weighted by Crippen LogP contribution is -2.29. The molecule has 7 heteroatoms. The molecule has 0 spiro atoms.